The molecule has 4 aromatic rings. The van der Waals surface area contributed by atoms with Gasteiger partial charge in [-0.1, -0.05) is 66.2 Å². The number of aryl methyl sites for hydroxylation is 1. The number of ether oxygens (including phenoxy) is 2. The molecule has 0 amide bonds. The van der Waals surface area contributed by atoms with Gasteiger partial charge in [-0.2, -0.15) is 0 Å². The standard InChI is InChI=1S/C26H23NO4/c1-18-11-13-20(14-12-18)30-16-15-24(29)31-17-23(28)25-21-9-5-6-10-22(21)27-26(25)19-7-3-2-4-8-19/h2-14,27H,15-17H2,1H3. The Morgan fingerprint density at radius 3 is 2.35 bits per heavy atom. The second kappa shape index (κ2) is 9.30. The predicted octanol–water partition coefficient (Wildman–Crippen LogP) is 5.34. The molecular formula is C26H23NO4. The van der Waals surface area contributed by atoms with Gasteiger partial charge in [0.25, 0.3) is 0 Å². The van der Waals surface area contributed by atoms with E-state index in [1.807, 2.05) is 85.8 Å². The van der Waals surface area contributed by atoms with Crippen LogP contribution in [0.4, 0.5) is 0 Å². The van der Waals surface area contributed by atoms with E-state index in [0.717, 1.165) is 27.7 Å². The van der Waals surface area contributed by atoms with E-state index in [0.29, 0.717) is 11.3 Å². The third kappa shape index (κ3) is 4.83. The summed E-state index contributed by atoms with van der Waals surface area (Å²) in [6, 6.07) is 24.8. The maximum Gasteiger partial charge on any atom is 0.309 e. The summed E-state index contributed by atoms with van der Waals surface area (Å²) in [6.07, 6.45) is 0.0700. The molecule has 0 atom stereocenters. The molecule has 0 radical (unpaired) electrons. The van der Waals surface area contributed by atoms with Crippen LogP contribution in [0.3, 0.4) is 0 Å². The molecule has 31 heavy (non-hydrogen) atoms. The van der Waals surface area contributed by atoms with Gasteiger partial charge in [0.15, 0.2) is 6.61 Å². The summed E-state index contributed by atoms with van der Waals surface area (Å²) in [5, 5.41) is 0.810. The highest BCUT2D eigenvalue weighted by molar-refractivity contribution is 6.14. The number of H-pyrrole nitrogens is 1. The molecule has 1 aromatic heterocycles. The highest BCUT2D eigenvalue weighted by Gasteiger charge is 2.20. The number of para-hydroxylation sites is 1. The Labute approximate surface area is 180 Å². The molecule has 0 spiro atoms. The summed E-state index contributed by atoms with van der Waals surface area (Å²) < 4.78 is 10.8. The van der Waals surface area contributed by atoms with E-state index < -0.39 is 5.97 Å². The zero-order chi connectivity index (χ0) is 21.6. The van der Waals surface area contributed by atoms with E-state index in [9.17, 15) is 9.59 Å². The third-order valence-corrected chi connectivity index (χ3v) is 5.01. The molecule has 3 aromatic carbocycles. The van der Waals surface area contributed by atoms with Gasteiger partial charge in [0, 0.05) is 10.9 Å². The maximum absolute atomic E-state index is 13.0. The van der Waals surface area contributed by atoms with Crippen molar-refractivity contribution in [3.63, 3.8) is 0 Å². The zero-order valence-electron chi connectivity index (χ0n) is 17.3. The van der Waals surface area contributed by atoms with Gasteiger partial charge in [-0.3, -0.25) is 9.59 Å². The van der Waals surface area contributed by atoms with Crippen molar-refractivity contribution in [1.29, 1.82) is 0 Å². The van der Waals surface area contributed by atoms with Crippen molar-refractivity contribution >= 4 is 22.7 Å². The van der Waals surface area contributed by atoms with Crippen LogP contribution in [0, 0.1) is 6.92 Å². The molecule has 1 N–H and O–H groups in total. The van der Waals surface area contributed by atoms with E-state index in [1.165, 1.54) is 0 Å². The Morgan fingerprint density at radius 1 is 0.871 bits per heavy atom. The molecule has 156 valence electrons. The van der Waals surface area contributed by atoms with Crippen molar-refractivity contribution in [1.82, 2.24) is 4.98 Å². The first kappa shape index (κ1) is 20.4. The van der Waals surface area contributed by atoms with Crippen LogP contribution in [0.2, 0.25) is 0 Å². The number of aromatic amines is 1. The summed E-state index contributed by atoms with van der Waals surface area (Å²) in [7, 11) is 0. The van der Waals surface area contributed by atoms with Crippen molar-refractivity contribution in [2.45, 2.75) is 13.3 Å². The number of carbonyl (C=O) groups excluding carboxylic acids is 2. The van der Waals surface area contributed by atoms with E-state index in [2.05, 4.69) is 4.98 Å². The molecule has 0 fully saturated rings. The summed E-state index contributed by atoms with van der Waals surface area (Å²) in [5.41, 5.74) is 4.16. The van der Waals surface area contributed by atoms with E-state index in [4.69, 9.17) is 9.47 Å². The Kier molecular flexibility index (Phi) is 6.13. The molecule has 0 aliphatic heterocycles. The van der Waals surface area contributed by atoms with Gasteiger partial charge < -0.3 is 14.5 Å². The number of ketones is 1. The van der Waals surface area contributed by atoms with E-state index in [-0.39, 0.29) is 25.4 Å². The quantitative estimate of drug-likeness (QED) is 0.313. The largest absolute Gasteiger partial charge is 0.493 e. The molecule has 1 heterocycles. The van der Waals surface area contributed by atoms with Crippen molar-refractivity contribution in [2.24, 2.45) is 0 Å². The second-order valence-corrected chi connectivity index (χ2v) is 7.28. The first-order valence-electron chi connectivity index (χ1n) is 10.2. The number of hydrogen-bond donors (Lipinski definition) is 1. The Balaban J connectivity index is 1.41. The maximum atomic E-state index is 13.0. The molecular weight excluding hydrogens is 390 g/mol. The molecule has 0 unspecified atom stereocenters. The summed E-state index contributed by atoms with van der Waals surface area (Å²) >= 11 is 0. The van der Waals surface area contributed by atoms with Gasteiger partial charge in [0.1, 0.15) is 5.75 Å². The Bertz CT molecular complexity index is 1190. The molecule has 0 bridgehead atoms. The highest BCUT2D eigenvalue weighted by Crippen LogP contribution is 2.30. The van der Waals surface area contributed by atoms with Gasteiger partial charge >= 0.3 is 5.97 Å². The van der Waals surface area contributed by atoms with Crippen LogP contribution >= 0.6 is 0 Å². The topological polar surface area (TPSA) is 68.4 Å². The van der Waals surface area contributed by atoms with Crippen molar-refractivity contribution < 1.29 is 19.1 Å². The minimum Gasteiger partial charge on any atom is -0.493 e. The predicted molar refractivity (Wildman–Crippen MR) is 120 cm³/mol. The summed E-state index contributed by atoms with van der Waals surface area (Å²) in [6.45, 7) is 1.87. The molecule has 4 rings (SSSR count). The van der Waals surface area contributed by atoms with Crippen LogP contribution in [0.25, 0.3) is 22.2 Å². The highest BCUT2D eigenvalue weighted by atomic mass is 16.5. The van der Waals surface area contributed by atoms with Gasteiger partial charge in [0.2, 0.25) is 5.78 Å². The number of carbonyl (C=O) groups is 2. The first-order valence-corrected chi connectivity index (χ1v) is 10.2. The number of aromatic nitrogens is 1. The molecule has 0 aliphatic carbocycles. The van der Waals surface area contributed by atoms with E-state index in [1.54, 1.807) is 0 Å². The fraction of sp³-hybridized carbons (Fsp3) is 0.154. The van der Waals surface area contributed by atoms with Gasteiger partial charge in [0.05, 0.1) is 24.3 Å². The van der Waals surface area contributed by atoms with Crippen LogP contribution in [0.5, 0.6) is 5.75 Å². The van der Waals surface area contributed by atoms with Gasteiger partial charge in [-0.15, -0.1) is 0 Å². The lowest BCUT2D eigenvalue weighted by atomic mass is 10.0. The van der Waals surface area contributed by atoms with Crippen LogP contribution in [-0.4, -0.2) is 30.0 Å². The first-order chi connectivity index (χ1) is 15.1. The SMILES string of the molecule is Cc1ccc(OCCC(=O)OCC(=O)c2c(-c3ccccc3)[nH]c3ccccc23)cc1. The Hall–Kier alpha value is -3.86. The van der Waals surface area contributed by atoms with Crippen LogP contribution in [0.15, 0.2) is 78.9 Å². The van der Waals surface area contributed by atoms with Crippen LogP contribution in [0.1, 0.15) is 22.3 Å². The number of fused-ring (bicyclic) bond motifs is 1. The molecule has 0 aliphatic rings. The number of esters is 1. The normalized spacial score (nSPS) is 10.7. The lowest BCUT2D eigenvalue weighted by molar-refractivity contribution is -0.143. The van der Waals surface area contributed by atoms with E-state index >= 15 is 0 Å². The summed E-state index contributed by atoms with van der Waals surface area (Å²) in [4.78, 5) is 28.5. The van der Waals surface area contributed by atoms with Crippen molar-refractivity contribution in [3.05, 3.63) is 90.0 Å². The average Bonchev–Trinajstić information content (AvgIpc) is 3.19. The van der Waals surface area contributed by atoms with Gasteiger partial charge in [-0.05, 0) is 30.7 Å². The Morgan fingerprint density at radius 2 is 1.58 bits per heavy atom. The fourth-order valence-electron chi connectivity index (χ4n) is 3.43. The van der Waals surface area contributed by atoms with Crippen LogP contribution < -0.4 is 4.74 Å². The molecule has 0 saturated heterocycles. The van der Waals surface area contributed by atoms with Crippen molar-refractivity contribution in [2.75, 3.05) is 13.2 Å². The number of nitrogens with one attached hydrogen (secondary N) is 1. The fourth-order valence-corrected chi connectivity index (χ4v) is 3.43. The lowest BCUT2D eigenvalue weighted by Crippen LogP contribution is -2.16. The number of hydrogen-bond acceptors (Lipinski definition) is 4. The smallest absolute Gasteiger partial charge is 0.309 e. The monoisotopic (exact) mass is 413 g/mol. The number of benzene rings is 3. The zero-order valence-corrected chi connectivity index (χ0v) is 17.3. The minimum absolute atomic E-state index is 0.0700. The average molecular weight is 413 g/mol. The second-order valence-electron chi connectivity index (χ2n) is 7.28. The summed E-state index contributed by atoms with van der Waals surface area (Å²) in [5.74, 6) is -0.0218. The lowest BCUT2D eigenvalue weighted by Gasteiger charge is -2.08. The number of Topliss-reactive ketones (excluding diaryl/α,β-unsaturated/α-hetero) is 1. The molecule has 5 heteroatoms. The molecule has 0 saturated carbocycles. The van der Waals surface area contributed by atoms with Gasteiger partial charge in [-0.25, -0.2) is 0 Å². The number of rotatable bonds is 8. The third-order valence-electron chi connectivity index (χ3n) is 5.01. The molecule has 5 nitrogen and oxygen atoms in total. The minimum atomic E-state index is -0.471. The van der Waals surface area contributed by atoms with Crippen LogP contribution in [-0.2, 0) is 9.53 Å². The van der Waals surface area contributed by atoms with Crippen molar-refractivity contribution in [3.8, 4) is 17.0 Å².